The lowest BCUT2D eigenvalue weighted by Crippen LogP contribution is -2.51. The first kappa shape index (κ1) is 22.3. The second-order valence-electron chi connectivity index (χ2n) is 6.41. The van der Waals surface area contributed by atoms with Gasteiger partial charge in [0.2, 0.25) is 5.60 Å². The number of hydrogen-bond acceptors (Lipinski definition) is 5. The summed E-state index contributed by atoms with van der Waals surface area (Å²) in [5.41, 5.74) is -3.30. The van der Waals surface area contributed by atoms with Crippen molar-refractivity contribution in [3.8, 4) is 0 Å². The van der Waals surface area contributed by atoms with Crippen LogP contribution in [0.5, 0.6) is 0 Å². The van der Waals surface area contributed by atoms with Crippen molar-refractivity contribution >= 4 is 24.4 Å². The maximum absolute atomic E-state index is 13.0. The zero-order chi connectivity index (χ0) is 18.7. The Bertz CT molecular complexity index is 519. The van der Waals surface area contributed by atoms with Gasteiger partial charge in [-0.05, 0) is 32.0 Å². The van der Waals surface area contributed by atoms with Gasteiger partial charge in [0.25, 0.3) is 10.1 Å². The standard InChI is InChI=1S/C12H23F3O6SSi/c1-9(7-23(4,5)20-3)6-10(16)21-11(2,12(13,14)15)8-22(17,18)19/h9H,6-8H2,1-5H3,(H,17,18,19). The quantitative estimate of drug-likeness (QED) is 0.395. The molecule has 0 saturated heterocycles. The van der Waals surface area contributed by atoms with Crippen LogP contribution in [-0.4, -0.2) is 51.9 Å². The third kappa shape index (κ3) is 8.13. The van der Waals surface area contributed by atoms with E-state index in [0.29, 0.717) is 13.0 Å². The molecule has 0 amide bonds. The Morgan fingerprint density at radius 3 is 2.13 bits per heavy atom. The van der Waals surface area contributed by atoms with Gasteiger partial charge in [0.05, 0.1) is 0 Å². The van der Waals surface area contributed by atoms with E-state index in [4.69, 9.17) is 8.98 Å². The second-order valence-corrected chi connectivity index (χ2v) is 12.2. The van der Waals surface area contributed by atoms with Crippen molar-refractivity contribution in [3.05, 3.63) is 0 Å². The Kier molecular flexibility index (Phi) is 7.28. The molecule has 6 nitrogen and oxygen atoms in total. The maximum atomic E-state index is 13.0. The minimum Gasteiger partial charge on any atom is -0.448 e. The Hall–Kier alpha value is -0.653. The van der Waals surface area contributed by atoms with Crippen LogP contribution in [0.4, 0.5) is 13.2 Å². The van der Waals surface area contributed by atoms with Crippen LogP contribution in [-0.2, 0) is 24.1 Å². The van der Waals surface area contributed by atoms with E-state index in [1.165, 1.54) is 7.11 Å². The molecule has 138 valence electrons. The highest BCUT2D eigenvalue weighted by Gasteiger charge is 2.57. The highest BCUT2D eigenvalue weighted by Crippen LogP contribution is 2.35. The van der Waals surface area contributed by atoms with E-state index in [-0.39, 0.29) is 12.3 Å². The van der Waals surface area contributed by atoms with Gasteiger partial charge in [0, 0.05) is 13.5 Å². The first-order valence-electron chi connectivity index (χ1n) is 6.80. The lowest BCUT2D eigenvalue weighted by molar-refractivity contribution is -0.256. The third-order valence-electron chi connectivity index (χ3n) is 3.30. The minimum atomic E-state index is -5.14. The molecule has 0 fully saturated rings. The fourth-order valence-corrected chi connectivity index (χ4v) is 5.00. The molecule has 0 saturated carbocycles. The molecule has 0 bridgehead atoms. The van der Waals surface area contributed by atoms with Crippen molar-refractivity contribution in [2.45, 2.75) is 51.2 Å². The molecule has 11 heteroatoms. The Labute approximate surface area is 135 Å². The van der Waals surface area contributed by atoms with Gasteiger partial charge in [0.1, 0.15) is 5.75 Å². The van der Waals surface area contributed by atoms with Gasteiger partial charge >= 0.3 is 12.1 Å². The smallest absolute Gasteiger partial charge is 0.429 e. The van der Waals surface area contributed by atoms with E-state index in [2.05, 4.69) is 4.74 Å². The zero-order valence-corrected chi connectivity index (χ0v) is 15.5. The van der Waals surface area contributed by atoms with Gasteiger partial charge in [-0.3, -0.25) is 9.35 Å². The SMILES string of the molecule is CO[Si](C)(C)CC(C)CC(=O)OC(C)(CS(=O)(=O)O)C(F)(F)F. The van der Waals surface area contributed by atoms with Gasteiger partial charge in [-0.1, -0.05) is 6.92 Å². The van der Waals surface area contributed by atoms with E-state index in [1.807, 2.05) is 13.1 Å². The van der Waals surface area contributed by atoms with Crippen LogP contribution < -0.4 is 0 Å². The van der Waals surface area contributed by atoms with E-state index in [0.717, 1.165) is 0 Å². The molecule has 2 atom stereocenters. The predicted molar refractivity (Wildman–Crippen MR) is 80.0 cm³/mol. The summed E-state index contributed by atoms with van der Waals surface area (Å²) in [5.74, 6) is -3.21. The zero-order valence-electron chi connectivity index (χ0n) is 13.7. The van der Waals surface area contributed by atoms with Crippen molar-refractivity contribution in [2.24, 2.45) is 5.92 Å². The second kappa shape index (κ2) is 7.49. The summed E-state index contributed by atoms with van der Waals surface area (Å²) in [7, 11) is -5.46. The van der Waals surface area contributed by atoms with Crippen LogP contribution in [0.15, 0.2) is 0 Å². The molecular formula is C12H23F3O6SSi. The third-order valence-corrected chi connectivity index (χ3v) is 7.01. The molecule has 0 aliphatic carbocycles. The largest absolute Gasteiger partial charge is 0.448 e. The summed E-state index contributed by atoms with van der Waals surface area (Å²) < 4.78 is 78.9. The van der Waals surface area contributed by atoms with Gasteiger partial charge < -0.3 is 9.16 Å². The summed E-state index contributed by atoms with van der Waals surface area (Å²) in [6.07, 6.45) is -5.45. The summed E-state index contributed by atoms with van der Waals surface area (Å²) in [4.78, 5) is 11.8. The van der Waals surface area contributed by atoms with Crippen molar-refractivity contribution in [2.75, 3.05) is 12.9 Å². The van der Waals surface area contributed by atoms with Crippen LogP contribution in [0.3, 0.4) is 0 Å². The van der Waals surface area contributed by atoms with Crippen molar-refractivity contribution in [1.29, 1.82) is 0 Å². The molecule has 0 aliphatic heterocycles. The molecule has 1 N–H and O–H groups in total. The number of rotatable bonds is 8. The number of carbonyl (C=O) groups excluding carboxylic acids is 1. The topological polar surface area (TPSA) is 89.9 Å². The molecule has 0 aliphatic rings. The Morgan fingerprint density at radius 1 is 1.30 bits per heavy atom. The summed E-state index contributed by atoms with van der Waals surface area (Å²) in [6, 6.07) is 0.527. The summed E-state index contributed by atoms with van der Waals surface area (Å²) in [6.45, 7) is 5.87. The van der Waals surface area contributed by atoms with Gasteiger partial charge in [0.15, 0.2) is 8.32 Å². The van der Waals surface area contributed by atoms with E-state index >= 15 is 0 Å². The summed E-state index contributed by atoms with van der Waals surface area (Å²) >= 11 is 0. The first-order valence-corrected chi connectivity index (χ1v) is 11.5. The molecule has 0 aromatic rings. The minimum absolute atomic E-state index is 0.285. The molecular weight excluding hydrogens is 357 g/mol. The van der Waals surface area contributed by atoms with Gasteiger partial charge in [-0.15, -0.1) is 0 Å². The first-order chi connectivity index (χ1) is 10.0. The summed E-state index contributed by atoms with van der Waals surface area (Å²) in [5, 5.41) is 0. The fraction of sp³-hybridized carbons (Fsp3) is 0.917. The predicted octanol–water partition coefficient (Wildman–Crippen LogP) is 2.62. The fourth-order valence-electron chi connectivity index (χ4n) is 2.09. The van der Waals surface area contributed by atoms with Crippen molar-refractivity contribution < 1.29 is 40.1 Å². The highest BCUT2D eigenvalue weighted by molar-refractivity contribution is 7.85. The van der Waals surface area contributed by atoms with E-state index in [9.17, 15) is 26.4 Å². The van der Waals surface area contributed by atoms with Crippen molar-refractivity contribution in [3.63, 3.8) is 0 Å². The van der Waals surface area contributed by atoms with Crippen LogP contribution in [0.1, 0.15) is 20.3 Å². The average molecular weight is 380 g/mol. The molecule has 23 heavy (non-hydrogen) atoms. The van der Waals surface area contributed by atoms with Crippen LogP contribution in [0.2, 0.25) is 19.1 Å². The lowest BCUT2D eigenvalue weighted by Gasteiger charge is -2.31. The molecule has 0 spiro atoms. The number of hydrogen-bond donors (Lipinski definition) is 1. The van der Waals surface area contributed by atoms with Gasteiger partial charge in [-0.25, -0.2) is 0 Å². The number of halogens is 3. The van der Waals surface area contributed by atoms with E-state index < -0.39 is 41.9 Å². The number of carbonyl (C=O) groups is 1. The Morgan fingerprint density at radius 2 is 1.78 bits per heavy atom. The van der Waals surface area contributed by atoms with Gasteiger partial charge in [-0.2, -0.15) is 21.6 Å². The molecule has 0 rings (SSSR count). The molecule has 0 aromatic carbocycles. The monoisotopic (exact) mass is 380 g/mol. The Balaban J connectivity index is 5.00. The average Bonchev–Trinajstić information content (AvgIpc) is 2.22. The van der Waals surface area contributed by atoms with Crippen LogP contribution in [0, 0.1) is 5.92 Å². The van der Waals surface area contributed by atoms with Crippen LogP contribution >= 0.6 is 0 Å². The molecule has 0 radical (unpaired) electrons. The van der Waals surface area contributed by atoms with Crippen LogP contribution in [0.25, 0.3) is 0 Å². The normalized spacial score (nSPS) is 17.4. The number of ether oxygens (including phenoxy) is 1. The highest BCUT2D eigenvalue weighted by atomic mass is 32.2. The lowest BCUT2D eigenvalue weighted by atomic mass is 10.1. The molecule has 0 heterocycles. The molecule has 0 aromatic heterocycles. The number of alkyl halides is 3. The van der Waals surface area contributed by atoms with E-state index in [1.54, 1.807) is 6.92 Å². The number of esters is 1. The maximum Gasteiger partial charge on any atom is 0.429 e. The molecule has 2 unspecified atom stereocenters. The van der Waals surface area contributed by atoms with Crippen molar-refractivity contribution in [1.82, 2.24) is 0 Å².